The Hall–Kier alpha value is -0.120. The van der Waals surface area contributed by atoms with Crippen LogP contribution in [0.3, 0.4) is 0 Å². The summed E-state index contributed by atoms with van der Waals surface area (Å²) in [4.78, 5) is 0. The van der Waals surface area contributed by atoms with E-state index in [1.54, 1.807) is 6.92 Å². The van der Waals surface area contributed by atoms with Crippen molar-refractivity contribution in [2.24, 2.45) is 0 Å². The summed E-state index contributed by atoms with van der Waals surface area (Å²) in [5, 5.41) is 11.9. The molecule has 1 rings (SSSR count). The molecule has 1 saturated heterocycles. The van der Waals surface area contributed by atoms with Gasteiger partial charge in [0.1, 0.15) is 0 Å². The van der Waals surface area contributed by atoms with Crippen LogP contribution in [0.15, 0.2) is 0 Å². The summed E-state index contributed by atoms with van der Waals surface area (Å²) in [6.45, 7) is 2.97. The quantitative estimate of drug-likeness (QED) is 0.478. The molecule has 1 fully saturated rings. The molecule has 3 nitrogen and oxygen atoms in total. The van der Waals surface area contributed by atoms with Crippen molar-refractivity contribution >= 4 is 0 Å². The van der Waals surface area contributed by atoms with Crippen LogP contribution in [0.5, 0.6) is 0 Å². The van der Waals surface area contributed by atoms with Crippen molar-refractivity contribution in [1.29, 1.82) is 0 Å². The van der Waals surface area contributed by atoms with E-state index < -0.39 is 0 Å². The maximum Gasteiger partial charge on any atom is 0.0969 e. The van der Waals surface area contributed by atoms with E-state index in [0.29, 0.717) is 13.3 Å². The summed E-state index contributed by atoms with van der Waals surface area (Å²) >= 11 is 0. The van der Waals surface area contributed by atoms with Crippen LogP contribution in [-0.4, -0.2) is 30.6 Å². The van der Waals surface area contributed by atoms with E-state index in [1.807, 2.05) is 0 Å². The summed E-state index contributed by atoms with van der Waals surface area (Å²) in [5.74, 6) is 0. The molecule has 1 aliphatic heterocycles. The maximum absolute atomic E-state index is 8.91. The molecular formula is C5H11NO2. The lowest BCUT2D eigenvalue weighted by Gasteiger charge is -2.09. The van der Waals surface area contributed by atoms with Crippen molar-refractivity contribution in [3.63, 3.8) is 0 Å². The summed E-state index contributed by atoms with van der Waals surface area (Å²) in [5.41, 5.74) is 0. The Kier molecular flexibility index (Phi) is 1.83. The van der Waals surface area contributed by atoms with Gasteiger partial charge in [-0.2, -0.15) is 0 Å². The highest BCUT2D eigenvalue weighted by atomic mass is 16.5. The molecule has 0 bridgehead atoms. The van der Waals surface area contributed by atoms with Crippen molar-refractivity contribution in [1.82, 2.24) is 5.32 Å². The average Bonchev–Trinajstić information content (AvgIpc) is 2.12. The van der Waals surface area contributed by atoms with E-state index in [-0.39, 0.29) is 12.1 Å². The first kappa shape index (κ1) is 6.01. The molecule has 48 valence electrons. The zero-order valence-electron chi connectivity index (χ0n) is 4.92. The zero-order chi connectivity index (χ0) is 5.98. The van der Waals surface area contributed by atoms with Crippen LogP contribution in [0.1, 0.15) is 6.92 Å². The number of hydrogen-bond acceptors (Lipinski definition) is 3. The Morgan fingerprint density at radius 1 is 1.88 bits per heavy atom. The molecule has 2 atom stereocenters. The number of aliphatic hydroxyl groups excluding tert-OH is 1. The fraction of sp³-hybridized carbons (Fsp3) is 1.00. The molecule has 0 saturated carbocycles. The monoisotopic (exact) mass is 117 g/mol. The fourth-order valence-corrected chi connectivity index (χ4v) is 0.721. The minimum absolute atomic E-state index is 0.148. The van der Waals surface area contributed by atoms with Crippen molar-refractivity contribution in [3.05, 3.63) is 0 Å². The van der Waals surface area contributed by atoms with Crippen molar-refractivity contribution in [2.45, 2.75) is 19.1 Å². The van der Waals surface area contributed by atoms with Crippen LogP contribution in [0.2, 0.25) is 0 Å². The summed E-state index contributed by atoms with van der Waals surface area (Å²) in [7, 11) is 0. The molecule has 0 radical (unpaired) electrons. The van der Waals surface area contributed by atoms with Gasteiger partial charge >= 0.3 is 0 Å². The molecule has 1 heterocycles. The van der Waals surface area contributed by atoms with Crippen molar-refractivity contribution in [2.75, 3.05) is 13.3 Å². The van der Waals surface area contributed by atoms with Crippen LogP contribution in [0, 0.1) is 0 Å². The fourth-order valence-electron chi connectivity index (χ4n) is 0.721. The number of rotatable bonds is 1. The largest absolute Gasteiger partial charge is 0.392 e. The molecule has 8 heavy (non-hydrogen) atoms. The van der Waals surface area contributed by atoms with Gasteiger partial charge in [-0.25, -0.2) is 0 Å². The Labute approximate surface area is 48.7 Å². The first-order chi connectivity index (χ1) is 3.80. The second-order valence-corrected chi connectivity index (χ2v) is 2.07. The van der Waals surface area contributed by atoms with Gasteiger partial charge in [0, 0.05) is 0 Å². The van der Waals surface area contributed by atoms with Gasteiger partial charge < -0.3 is 9.84 Å². The summed E-state index contributed by atoms with van der Waals surface area (Å²) in [6, 6.07) is 0.148. The minimum Gasteiger partial charge on any atom is -0.392 e. The van der Waals surface area contributed by atoms with Crippen molar-refractivity contribution < 1.29 is 9.84 Å². The first-order valence-corrected chi connectivity index (χ1v) is 2.80. The van der Waals surface area contributed by atoms with E-state index in [1.165, 1.54) is 0 Å². The summed E-state index contributed by atoms with van der Waals surface area (Å²) < 4.78 is 4.95. The second-order valence-electron chi connectivity index (χ2n) is 2.07. The Morgan fingerprint density at radius 2 is 2.62 bits per heavy atom. The Balaban J connectivity index is 2.24. The topological polar surface area (TPSA) is 41.5 Å². The minimum atomic E-state index is -0.294. The van der Waals surface area contributed by atoms with E-state index in [2.05, 4.69) is 5.32 Å². The van der Waals surface area contributed by atoms with Crippen molar-refractivity contribution in [3.8, 4) is 0 Å². The lowest BCUT2D eigenvalue weighted by molar-refractivity contribution is 0.135. The van der Waals surface area contributed by atoms with E-state index in [4.69, 9.17) is 9.84 Å². The van der Waals surface area contributed by atoms with Gasteiger partial charge in [-0.05, 0) is 6.92 Å². The molecule has 0 aromatic carbocycles. The van der Waals surface area contributed by atoms with E-state index in [0.717, 1.165) is 0 Å². The van der Waals surface area contributed by atoms with Crippen LogP contribution in [0.4, 0.5) is 0 Å². The first-order valence-electron chi connectivity index (χ1n) is 2.80. The van der Waals surface area contributed by atoms with Gasteiger partial charge in [0.2, 0.25) is 0 Å². The highest BCUT2D eigenvalue weighted by Crippen LogP contribution is 1.98. The average molecular weight is 117 g/mol. The van der Waals surface area contributed by atoms with E-state index in [9.17, 15) is 0 Å². The lowest BCUT2D eigenvalue weighted by Crippen LogP contribution is -2.34. The molecule has 0 aromatic rings. The molecule has 1 aliphatic rings. The number of nitrogens with one attached hydrogen (secondary N) is 1. The maximum atomic E-state index is 8.91. The molecular weight excluding hydrogens is 106 g/mol. The summed E-state index contributed by atoms with van der Waals surface area (Å²) in [6.07, 6.45) is -0.294. The highest BCUT2D eigenvalue weighted by molar-refractivity contribution is 4.73. The third kappa shape index (κ3) is 1.18. The third-order valence-corrected chi connectivity index (χ3v) is 1.33. The Bertz CT molecular complexity index is 68.8. The number of aliphatic hydroxyl groups is 1. The van der Waals surface area contributed by atoms with Gasteiger partial charge in [-0.1, -0.05) is 0 Å². The van der Waals surface area contributed by atoms with Crippen LogP contribution >= 0.6 is 0 Å². The second kappa shape index (κ2) is 2.44. The zero-order valence-corrected chi connectivity index (χ0v) is 4.92. The SMILES string of the molecule is C[C@H](O)C1COCN1. The molecule has 3 heteroatoms. The number of hydrogen-bond donors (Lipinski definition) is 2. The lowest BCUT2D eigenvalue weighted by atomic mass is 10.2. The highest BCUT2D eigenvalue weighted by Gasteiger charge is 2.18. The molecule has 0 aromatic heterocycles. The third-order valence-electron chi connectivity index (χ3n) is 1.33. The van der Waals surface area contributed by atoms with Crippen LogP contribution in [0.25, 0.3) is 0 Å². The predicted molar refractivity (Wildman–Crippen MR) is 29.4 cm³/mol. The standard InChI is InChI=1S/C5H11NO2/c1-4(7)5-2-8-3-6-5/h4-7H,2-3H2,1H3/t4-,5?/m0/s1. The van der Waals surface area contributed by atoms with Gasteiger partial charge in [-0.15, -0.1) is 0 Å². The normalized spacial score (nSPS) is 33.0. The van der Waals surface area contributed by atoms with Gasteiger partial charge in [0.15, 0.2) is 0 Å². The molecule has 1 unspecified atom stereocenters. The van der Waals surface area contributed by atoms with Crippen LogP contribution < -0.4 is 5.32 Å². The molecule has 0 amide bonds. The van der Waals surface area contributed by atoms with Gasteiger partial charge in [0.05, 0.1) is 25.5 Å². The van der Waals surface area contributed by atoms with Crippen LogP contribution in [-0.2, 0) is 4.74 Å². The predicted octanol–water partition coefficient (Wildman–Crippen LogP) is -0.687. The molecule has 0 spiro atoms. The Morgan fingerprint density at radius 3 is 2.88 bits per heavy atom. The number of ether oxygens (including phenoxy) is 1. The van der Waals surface area contributed by atoms with Gasteiger partial charge in [0.25, 0.3) is 0 Å². The van der Waals surface area contributed by atoms with Gasteiger partial charge in [-0.3, -0.25) is 5.32 Å². The molecule has 0 aliphatic carbocycles. The van der Waals surface area contributed by atoms with E-state index >= 15 is 0 Å². The smallest absolute Gasteiger partial charge is 0.0969 e. The molecule has 2 N–H and O–H groups in total.